The second kappa shape index (κ2) is 5.73. The second-order valence-corrected chi connectivity index (χ2v) is 6.25. The van der Waals surface area contributed by atoms with E-state index in [0.29, 0.717) is 11.2 Å². The van der Waals surface area contributed by atoms with Gasteiger partial charge in [0.1, 0.15) is 11.3 Å². The zero-order valence-electron chi connectivity index (χ0n) is 13.4. The SMILES string of the molecule is NC(=O)c1nc(-c2cccc(O)c2)nc2c1[nH]c(=O)n2C1CCCC1. The number of nitrogens with zero attached hydrogens (tertiary/aromatic N) is 3. The summed E-state index contributed by atoms with van der Waals surface area (Å²) in [7, 11) is 0. The number of nitrogens with one attached hydrogen (secondary N) is 1. The third-order valence-corrected chi connectivity index (χ3v) is 4.60. The summed E-state index contributed by atoms with van der Waals surface area (Å²) in [6.07, 6.45) is 3.89. The molecule has 2 heterocycles. The molecule has 4 N–H and O–H groups in total. The first-order valence-corrected chi connectivity index (χ1v) is 8.16. The number of phenols is 1. The number of aromatic hydroxyl groups is 1. The van der Waals surface area contributed by atoms with Crippen molar-refractivity contribution in [2.45, 2.75) is 31.7 Å². The van der Waals surface area contributed by atoms with E-state index in [0.717, 1.165) is 25.7 Å². The lowest BCUT2D eigenvalue weighted by Crippen LogP contribution is -2.20. The number of benzene rings is 1. The van der Waals surface area contributed by atoms with Gasteiger partial charge in [-0.05, 0) is 25.0 Å². The summed E-state index contributed by atoms with van der Waals surface area (Å²) in [6, 6.07) is 6.45. The van der Waals surface area contributed by atoms with E-state index in [1.807, 2.05) is 0 Å². The molecule has 1 aliphatic carbocycles. The molecule has 1 saturated carbocycles. The first-order valence-electron chi connectivity index (χ1n) is 8.16. The topological polar surface area (TPSA) is 127 Å². The third-order valence-electron chi connectivity index (χ3n) is 4.60. The number of H-pyrrole nitrogens is 1. The fraction of sp³-hybridized carbons (Fsp3) is 0.294. The highest BCUT2D eigenvalue weighted by atomic mass is 16.3. The van der Waals surface area contributed by atoms with E-state index in [2.05, 4.69) is 15.0 Å². The van der Waals surface area contributed by atoms with E-state index in [4.69, 9.17) is 5.73 Å². The minimum Gasteiger partial charge on any atom is -0.508 e. The van der Waals surface area contributed by atoms with Crippen LogP contribution in [0.3, 0.4) is 0 Å². The Labute approximate surface area is 142 Å². The molecule has 0 saturated heterocycles. The van der Waals surface area contributed by atoms with Gasteiger partial charge in [-0.1, -0.05) is 25.0 Å². The van der Waals surface area contributed by atoms with Crippen LogP contribution < -0.4 is 11.4 Å². The molecular weight excluding hydrogens is 322 g/mol. The zero-order chi connectivity index (χ0) is 17.6. The number of amides is 1. The van der Waals surface area contributed by atoms with Crippen LogP contribution in [0.2, 0.25) is 0 Å². The van der Waals surface area contributed by atoms with Crippen LogP contribution in [0.25, 0.3) is 22.6 Å². The van der Waals surface area contributed by atoms with Gasteiger partial charge in [0.25, 0.3) is 5.91 Å². The Balaban J connectivity index is 2.01. The molecule has 0 radical (unpaired) electrons. The molecule has 8 heteroatoms. The molecule has 0 bridgehead atoms. The summed E-state index contributed by atoms with van der Waals surface area (Å²) in [6.45, 7) is 0. The van der Waals surface area contributed by atoms with Crippen molar-refractivity contribution in [1.82, 2.24) is 19.5 Å². The predicted molar refractivity (Wildman–Crippen MR) is 91.3 cm³/mol. The number of fused-ring (bicyclic) bond motifs is 1. The Morgan fingerprint density at radius 2 is 2.04 bits per heavy atom. The van der Waals surface area contributed by atoms with E-state index in [1.54, 1.807) is 16.7 Å². The van der Waals surface area contributed by atoms with Crippen LogP contribution >= 0.6 is 0 Å². The first kappa shape index (κ1) is 15.4. The molecule has 0 atom stereocenters. The average molecular weight is 339 g/mol. The number of nitrogens with two attached hydrogens (primary N) is 1. The maximum Gasteiger partial charge on any atom is 0.327 e. The highest BCUT2D eigenvalue weighted by Gasteiger charge is 2.25. The van der Waals surface area contributed by atoms with Gasteiger partial charge in [-0.2, -0.15) is 0 Å². The number of aromatic amines is 1. The van der Waals surface area contributed by atoms with Crippen molar-refractivity contribution in [2.75, 3.05) is 0 Å². The Hall–Kier alpha value is -3.16. The molecule has 0 spiro atoms. The van der Waals surface area contributed by atoms with Gasteiger partial charge in [-0.25, -0.2) is 14.8 Å². The number of primary amides is 1. The second-order valence-electron chi connectivity index (χ2n) is 6.25. The van der Waals surface area contributed by atoms with Gasteiger partial charge >= 0.3 is 5.69 Å². The van der Waals surface area contributed by atoms with E-state index in [1.165, 1.54) is 12.1 Å². The normalized spacial score (nSPS) is 15.0. The number of hydrogen-bond acceptors (Lipinski definition) is 5. The number of carbonyl (C=O) groups excluding carboxylic acids is 1. The quantitative estimate of drug-likeness (QED) is 0.669. The van der Waals surface area contributed by atoms with Crippen molar-refractivity contribution < 1.29 is 9.90 Å². The minimum absolute atomic E-state index is 0.0304. The number of phenolic OH excluding ortho intramolecular Hbond substituents is 1. The molecule has 1 aliphatic rings. The summed E-state index contributed by atoms with van der Waals surface area (Å²) < 4.78 is 1.60. The molecule has 4 rings (SSSR count). The Bertz CT molecular complexity index is 1030. The predicted octanol–water partition coefficient (Wildman–Crippen LogP) is 1.71. The van der Waals surface area contributed by atoms with Crippen molar-refractivity contribution in [2.24, 2.45) is 5.73 Å². The Morgan fingerprint density at radius 1 is 1.28 bits per heavy atom. The van der Waals surface area contributed by atoms with Gasteiger partial charge in [0, 0.05) is 11.6 Å². The standard InChI is InChI=1S/C17H17N5O3/c18-14(24)12-13-16(22(17(25)20-13)10-5-1-2-6-10)21-15(19-12)9-4-3-7-11(23)8-9/h3-4,7-8,10,23H,1-2,5-6H2,(H2,18,24)(H,20,25). The van der Waals surface area contributed by atoms with Crippen LogP contribution in [0.4, 0.5) is 0 Å². The van der Waals surface area contributed by atoms with Crippen molar-refractivity contribution in [3.63, 3.8) is 0 Å². The summed E-state index contributed by atoms with van der Waals surface area (Å²) >= 11 is 0. The van der Waals surface area contributed by atoms with Gasteiger partial charge in [-0.15, -0.1) is 0 Å². The third kappa shape index (κ3) is 2.55. The van der Waals surface area contributed by atoms with Gasteiger partial charge in [-0.3, -0.25) is 9.36 Å². The van der Waals surface area contributed by atoms with Gasteiger partial charge in [0.05, 0.1) is 0 Å². The molecule has 1 aromatic carbocycles. The van der Waals surface area contributed by atoms with Gasteiger partial charge < -0.3 is 15.8 Å². The van der Waals surface area contributed by atoms with E-state index < -0.39 is 5.91 Å². The van der Waals surface area contributed by atoms with Crippen molar-refractivity contribution in [3.05, 3.63) is 40.4 Å². The number of rotatable bonds is 3. The van der Waals surface area contributed by atoms with Crippen LogP contribution in [-0.2, 0) is 0 Å². The van der Waals surface area contributed by atoms with Crippen LogP contribution in [0, 0.1) is 0 Å². The van der Waals surface area contributed by atoms with Crippen molar-refractivity contribution >= 4 is 17.1 Å². The highest BCUT2D eigenvalue weighted by Crippen LogP contribution is 2.31. The molecule has 128 valence electrons. The maximum absolute atomic E-state index is 12.4. The van der Waals surface area contributed by atoms with Crippen molar-refractivity contribution in [1.29, 1.82) is 0 Å². The van der Waals surface area contributed by atoms with E-state index >= 15 is 0 Å². The molecule has 25 heavy (non-hydrogen) atoms. The number of imidazole rings is 1. The number of aromatic nitrogens is 4. The molecule has 2 aromatic heterocycles. The summed E-state index contributed by atoms with van der Waals surface area (Å²) in [5.41, 5.74) is 6.29. The van der Waals surface area contributed by atoms with E-state index in [9.17, 15) is 14.7 Å². The largest absolute Gasteiger partial charge is 0.508 e. The van der Waals surface area contributed by atoms with Crippen molar-refractivity contribution in [3.8, 4) is 17.1 Å². The molecule has 1 fully saturated rings. The maximum atomic E-state index is 12.4. The fourth-order valence-corrected chi connectivity index (χ4v) is 3.46. The molecule has 1 amide bonds. The highest BCUT2D eigenvalue weighted by molar-refractivity contribution is 6.01. The smallest absolute Gasteiger partial charge is 0.327 e. The number of carbonyl (C=O) groups is 1. The fourth-order valence-electron chi connectivity index (χ4n) is 3.46. The van der Waals surface area contributed by atoms with Crippen LogP contribution in [0.15, 0.2) is 29.1 Å². The van der Waals surface area contributed by atoms with Crippen LogP contribution in [0.1, 0.15) is 42.2 Å². The summed E-state index contributed by atoms with van der Waals surface area (Å²) in [4.78, 5) is 35.7. The number of hydrogen-bond donors (Lipinski definition) is 3. The van der Waals surface area contributed by atoms with Crippen LogP contribution in [0.5, 0.6) is 5.75 Å². The Morgan fingerprint density at radius 3 is 2.72 bits per heavy atom. The lowest BCUT2D eigenvalue weighted by molar-refractivity contribution is 0.0997. The molecule has 3 aromatic rings. The average Bonchev–Trinajstić information content (AvgIpc) is 3.20. The monoisotopic (exact) mass is 339 g/mol. The zero-order valence-corrected chi connectivity index (χ0v) is 13.4. The van der Waals surface area contributed by atoms with Crippen LogP contribution in [-0.4, -0.2) is 30.5 Å². The van der Waals surface area contributed by atoms with Gasteiger partial charge in [0.2, 0.25) is 0 Å². The first-order chi connectivity index (χ1) is 12.0. The summed E-state index contributed by atoms with van der Waals surface area (Å²) in [5.74, 6) is -0.444. The summed E-state index contributed by atoms with van der Waals surface area (Å²) in [5, 5.41) is 9.69. The molecule has 0 aliphatic heterocycles. The van der Waals surface area contributed by atoms with E-state index in [-0.39, 0.29) is 34.5 Å². The lowest BCUT2D eigenvalue weighted by Gasteiger charge is -2.11. The molecule has 8 nitrogen and oxygen atoms in total. The lowest BCUT2D eigenvalue weighted by atomic mass is 10.2. The molecular formula is C17H17N5O3. The molecule has 0 unspecified atom stereocenters. The Kier molecular flexibility index (Phi) is 3.52. The minimum atomic E-state index is -0.742. The van der Waals surface area contributed by atoms with Gasteiger partial charge in [0.15, 0.2) is 17.2 Å².